The third-order valence-corrected chi connectivity index (χ3v) is 11.7. The number of aliphatic hydroxyl groups is 1. The number of aliphatic imine (C=N–C) groups is 1. The molecular formula is C41H65N7O10S. The van der Waals surface area contributed by atoms with E-state index in [0.717, 1.165) is 12.8 Å². The van der Waals surface area contributed by atoms with Crippen molar-refractivity contribution in [2.24, 2.45) is 34.6 Å². The minimum Gasteiger partial charge on any atom is -0.461 e. The van der Waals surface area contributed by atoms with E-state index >= 15 is 0 Å². The second kappa shape index (κ2) is 22.7. The first-order valence-electron chi connectivity index (χ1n) is 20.3. The zero-order valence-corrected chi connectivity index (χ0v) is 37.5. The molecule has 3 aliphatic heterocycles. The van der Waals surface area contributed by atoms with E-state index in [4.69, 9.17) is 23.8 Å². The number of rotatable bonds is 7. The summed E-state index contributed by atoms with van der Waals surface area (Å²) in [5.74, 6) is -5.04. The summed E-state index contributed by atoms with van der Waals surface area (Å²) >= 11 is 1.24. The highest BCUT2D eigenvalue weighted by Gasteiger charge is 2.57. The number of aliphatic hydroxyl groups excluding tert-OH is 1. The van der Waals surface area contributed by atoms with Crippen molar-refractivity contribution in [1.82, 2.24) is 30.5 Å². The Hall–Kier alpha value is -3.81. The summed E-state index contributed by atoms with van der Waals surface area (Å²) in [7, 11) is 7.10. The lowest BCUT2D eigenvalue weighted by atomic mass is 9.74. The molecule has 0 aromatic carbocycles. The van der Waals surface area contributed by atoms with Crippen LogP contribution in [0, 0.1) is 29.6 Å². The van der Waals surface area contributed by atoms with Gasteiger partial charge in [0.2, 0.25) is 0 Å². The molecule has 0 radical (unpaired) electrons. The molecule has 3 fully saturated rings. The molecule has 5 heterocycles. The third-order valence-electron chi connectivity index (χ3n) is 10.8. The van der Waals surface area contributed by atoms with Crippen LogP contribution in [0.5, 0.6) is 0 Å². The van der Waals surface area contributed by atoms with Crippen LogP contribution in [-0.2, 0) is 49.6 Å². The molecule has 5 rings (SSSR count). The zero-order chi connectivity index (χ0) is 44.1. The number of nitrogens with one attached hydrogen (secondary N) is 1. The van der Waals surface area contributed by atoms with Gasteiger partial charge in [-0.15, -0.1) is 10.2 Å². The van der Waals surface area contributed by atoms with Crippen molar-refractivity contribution < 1.29 is 48.1 Å². The molecule has 330 valence electrons. The predicted molar refractivity (Wildman–Crippen MR) is 221 cm³/mol. The van der Waals surface area contributed by atoms with Gasteiger partial charge in [-0.05, 0) is 67.1 Å². The third kappa shape index (κ3) is 13.9. The topological polar surface area (TPSA) is 214 Å². The van der Waals surface area contributed by atoms with E-state index in [-0.39, 0.29) is 43.1 Å². The van der Waals surface area contributed by atoms with Gasteiger partial charge in [-0.2, -0.15) is 0 Å². The number of hydrogen-bond acceptors (Lipinski definition) is 17. The van der Waals surface area contributed by atoms with Crippen LogP contribution in [0.2, 0.25) is 0 Å². The number of hydroxylamine groups is 1. The largest absolute Gasteiger partial charge is 0.461 e. The Labute approximate surface area is 352 Å². The molecule has 10 atom stereocenters. The van der Waals surface area contributed by atoms with Gasteiger partial charge in [0.1, 0.15) is 53.1 Å². The number of aromatic nitrogens is 4. The van der Waals surface area contributed by atoms with Crippen molar-refractivity contribution in [1.29, 1.82) is 0 Å². The van der Waals surface area contributed by atoms with E-state index in [9.17, 15) is 24.3 Å². The highest BCUT2D eigenvalue weighted by Crippen LogP contribution is 2.42. The van der Waals surface area contributed by atoms with Crippen LogP contribution in [0.3, 0.4) is 0 Å². The lowest BCUT2D eigenvalue weighted by Crippen LogP contribution is -2.46. The van der Waals surface area contributed by atoms with Crippen molar-refractivity contribution in [2.75, 3.05) is 34.9 Å². The number of ether oxygens (including phenoxy) is 4. The van der Waals surface area contributed by atoms with Crippen LogP contribution in [0.1, 0.15) is 98.9 Å². The van der Waals surface area contributed by atoms with Crippen molar-refractivity contribution in [3.8, 4) is 10.8 Å². The highest BCUT2D eigenvalue weighted by atomic mass is 32.1. The molecule has 2 aromatic heterocycles. The smallest absolute Gasteiger partial charge is 0.317 e. The summed E-state index contributed by atoms with van der Waals surface area (Å²) in [4.78, 5) is 73.6. The van der Waals surface area contributed by atoms with Gasteiger partial charge in [0.15, 0.2) is 17.1 Å². The fourth-order valence-electron chi connectivity index (χ4n) is 7.46. The van der Waals surface area contributed by atoms with Gasteiger partial charge in [-0.25, -0.2) is 9.97 Å². The maximum Gasteiger partial charge on any atom is 0.317 e. The number of carbonyl (C=O) groups is 4. The average molecular weight is 848 g/mol. The Morgan fingerprint density at radius 3 is 2.25 bits per heavy atom. The maximum atomic E-state index is 13.7. The Kier molecular flexibility index (Phi) is 19.1. The van der Waals surface area contributed by atoms with E-state index in [1.165, 1.54) is 31.7 Å². The lowest BCUT2D eigenvalue weighted by molar-refractivity contribution is -0.172. The molecule has 0 aliphatic carbocycles. The first-order chi connectivity index (χ1) is 27.8. The summed E-state index contributed by atoms with van der Waals surface area (Å²) in [6.07, 6.45) is 6.44. The number of nitrogens with zero attached hydrogens (tertiary/aromatic N) is 6. The fraction of sp³-hybridized carbons (Fsp3) is 0.732. The summed E-state index contributed by atoms with van der Waals surface area (Å²) in [5, 5.41) is 18.5. The van der Waals surface area contributed by atoms with E-state index < -0.39 is 59.0 Å². The van der Waals surface area contributed by atoms with E-state index in [1.807, 2.05) is 27.9 Å². The number of hydrogen-bond donors (Lipinski definition) is 2. The van der Waals surface area contributed by atoms with Crippen molar-refractivity contribution in [3.63, 3.8) is 0 Å². The normalized spacial score (nSPS) is 32.1. The molecule has 0 saturated carbocycles. The Bertz CT molecular complexity index is 1700. The van der Waals surface area contributed by atoms with Crippen molar-refractivity contribution >= 4 is 40.7 Å². The Morgan fingerprint density at radius 2 is 1.66 bits per heavy atom. The van der Waals surface area contributed by atoms with Crippen LogP contribution in [-0.4, -0.2) is 124 Å². The number of ketones is 2. The number of fused-ring (bicyclic) bond motifs is 1. The van der Waals surface area contributed by atoms with Gasteiger partial charge in [0.05, 0.1) is 11.7 Å². The van der Waals surface area contributed by atoms with Crippen LogP contribution < -0.4 is 5.48 Å². The number of esters is 2. The molecule has 0 spiro atoms. The summed E-state index contributed by atoms with van der Waals surface area (Å²) < 4.78 is 22.4. The molecule has 2 aromatic rings. The molecule has 3 aliphatic rings. The standard InChI is InChI=1S/C30H40N6O8S.C8H17NO2.C3H8/c1-16-12-29(4,41-7)13-17(2)23(38)18(3)27(39)42-15-30(5)19(11-20(16)37)22(28(40)44-30)24(31-6)36-43-14-21-34-35-26(45-21)25-32-9-8-10-33-25;1-6-4-7(9(2)3)5-8(10)11-6;1-3-2/h8-10,16-19,22H,11-15H2,1-7H3,(H,31,36);6-8,10H,4-5H2,1-3H3;3H2,1-2H3/t16-,17?,18?,19?,22?,29-,30-;;/m1../s1. The van der Waals surface area contributed by atoms with E-state index in [0.29, 0.717) is 34.7 Å². The molecule has 59 heavy (non-hydrogen) atoms. The lowest BCUT2D eigenvalue weighted by Gasteiger charge is -2.35. The van der Waals surface area contributed by atoms with Crippen molar-refractivity contribution in [3.05, 3.63) is 23.5 Å². The van der Waals surface area contributed by atoms with Gasteiger partial charge < -0.3 is 29.0 Å². The van der Waals surface area contributed by atoms with E-state index in [2.05, 4.69) is 49.4 Å². The first-order valence-corrected chi connectivity index (χ1v) is 21.1. The van der Waals surface area contributed by atoms with Crippen LogP contribution in [0.25, 0.3) is 10.8 Å². The van der Waals surface area contributed by atoms with Gasteiger partial charge in [0.25, 0.3) is 0 Å². The number of methoxy groups -OCH3 is 1. The maximum absolute atomic E-state index is 13.7. The molecule has 0 amide bonds. The first kappa shape index (κ1) is 49.6. The van der Waals surface area contributed by atoms with Crippen LogP contribution in [0.15, 0.2) is 23.5 Å². The average Bonchev–Trinajstić information content (AvgIpc) is 3.76. The summed E-state index contributed by atoms with van der Waals surface area (Å²) in [5.41, 5.74) is 0.564. The molecular weight excluding hydrogens is 783 g/mol. The minimum absolute atomic E-state index is 0.0132. The van der Waals surface area contributed by atoms with Gasteiger partial charge in [-0.1, -0.05) is 45.5 Å². The fourth-order valence-corrected chi connectivity index (χ4v) is 8.16. The second-order valence-corrected chi connectivity index (χ2v) is 17.4. The van der Waals surface area contributed by atoms with E-state index in [1.54, 1.807) is 46.3 Å². The molecule has 3 saturated heterocycles. The van der Waals surface area contributed by atoms with Crippen LogP contribution in [0.4, 0.5) is 0 Å². The Balaban J connectivity index is 0.000000563. The SMILES string of the molecule is CC1CC(N(C)C)CC(O)O1.CCC.CN=C(NOCc1nnc(-c2ncccn2)s1)C1C(=O)O[C@]2(C)COC(=O)C(C)C(=O)C(C)C[C@](C)(OC)C[C@@H](C)C(=O)CC12. The Morgan fingerprint density at radius 1 is 1.02 bits per heavy atom. The number of amidine groups is 1. The van der Waals surface area contributed by atoms with Gasteiger partial charge >= 0.3 is 11.9 Å². The summed E-state index contributed by atoms with van der Waals surface area (Å²) in [6, 6.07) is 2.17. The second-order valence-electron chi connectivity index (χ2n) is 16.4. The summed E-state index contributed by atoms with van der Waals surface area (Å²) in [6.45, 7) is 14.4. The molecule has 0 bridgehead atoms. The van der Waals surface area contributed by atoms with Crippen LogP contribution >= 0.6 is 11.3 Å². The minimum atomic E-state index is -1.38. The number of carbonyl (C=O) groups excluding carboxylic acids is 4. The number of cyclic esters (lactones) is 1. The molecule has 18 heteroatoms. The molecule has 7 unspecified atom stereocenters. The predicted octanol–water partition coefficient (Wildman–Crippen LogP) is 4.62. The monoisotopic (exact) mass is 847 g/mol. The van der Waals surface area contributed by atoms with Crippen molar-refractivity contribution in [2.45, 2.75) is 130 Å². The quantitative estimate of drug-likeness (QED) is 0.128. The zero-order valence-electron chi connectivity index (χ0n) is 36.7. The number of Topliss-reactive ketones (excluding diaryl/α,β-unsaturated/α-hetero) is 2. The molecule has 2 N–H and O–H groups in total. The highest BCUT2D eigenvalue weighted by molar-refractivity contribution is 7.14. The van der Waals surface area contributed by atoms with Gasteiger partial charge in [0, 0.05) is 63.2 Å². The molecule has 17 nitrogen and oxygen atoms in total. The van der Waals surface area contributed by atoms with Gasteiger partial charge in [-0.3, -0.25) is 34.5 Å².